The summed E-state index contributed by atoms with van der Waals surface area (Å²) in [5.74, 6) is 1.38. The summed E-state index contributed by atoms with van der Waals surface area (Å²) < 4.78 is 22.8. The maximum atomic E-state index is 11.4. The number of aliphatic hydroxyl groups is 1. The molecule has 4 nitrogen and oxygen atoms in total. The van der Waals surface area contributed by atoms with Crippen LogP contribution in [0.15, 0.2) is 0 Å². The van der Waals surface area contributed by atoms with Crippen LogP contribution in [0.3, 0.4) is 0 Å². The average Bonchev–Trinajstić information content (AvgIpc) is 2.37. The summed E-state index contributed by atoms with van der Waals surface area (Å²) >= 11 is 0. The van der Waals surface area contributed by atoms with Crippen LogP contribution in [0.4, 0.5) is 0 Å². The summed E-state index contributed by atoms with van der Waals surface area (Å²) in [7, 11) is -3.03. The van der Waals surface area contributed by atoms with Crippen molar-refractivity contribution in [2.45, 2.75) is 51.3 Å². The number of nitrogens with one attached hydrogen (secondary N) is 1. The molecule has 0 aromatic rings. The molecule has 4 atom stereocenters. The molecule has 2 rings (SSSR count). The van der Waals surface area contributed by atoms with Gasteiger partial charge in [-0.25, -0.2) is 8.42 Å². The van der Waals surface area contributed by atoms with Gasteiger partial charge in [0.25, 0.3) is 0 Å². The maximum Gasteiger partial charge on any atom is 0.154 e. The summed E-state index contributed by atoms with van der Waals surface area (Å²) in [4.78, 5) is 0. The Morgan fingerprint density at radius 1 is 1.06 bits per heavy atom. The van der Waals surface area contributed by atoms with E-state index in [9.17, 15) is 13.5 Å². The molecule has 17 heavy (non-hydrogen) atoms. The molecule has 0 aromatic heterocycles. The fourth-order valence-electron chi connectivity index (χ4n) is 3.37. The highest BCUT2D eigenvalue weighted by Crippen LogP contribution is 2.29. The van der Waals surface area contributed by atoms with Crippen molar-refractivity contribution in [2.75, 3.05) is 11.5 Å². The lowest BCUT2D eigenvalue weighted by molar-refractivity contribution is 0.141. The first-order valence-corrected chi connectivity index (χ1v) is 8.32. The number of aliphatic hydroxyl groups excluding tert-OH is 1. The van der Waals surface area contributed by atoms with Crippen molar-refractivity contribution in [3.05, 3.63) is 0 Å². The van der Waals surface area contributed by atoms with Gasteiger partial charge in [-0.3, -0.25) is 0 Å². The zero-order valence-corrected chi connectivity index (χ0v) is 11.4. The van der Waals surface area contributed by atoms with Gasteiger partial charge in [-0.2, -0.15) is 0 Å². The lowest BCUT2D eigenvalue weighted by atomic mass is 9.80. The Labute approximate surface area is 104 Å². The van der Waals surface area contributed by atoms with Crippen molar-refractivity contribution in [1.29, 1.82) is 0 Å². The van der Waals surface area contributed by atoms with Gasteiger partial charge in [0.1, 0.15) is 0 Å². The molecule has 0 bridgehead atoms. The van der Waals surface area contributed by atoms with E-state index in [1.807, 2.05) is 0 Å². The second-order valence-electron chi connectivity index (χ2n) is 6.03. The summed E-state index contributed by atoms with van der Waals surface area (Å²) in [5.41, 5.74) is 0. The Bertz CT molecular complexity index is 358. The topological polar surface area (TPSA) is 66.4 Å². The van der Waals surface area contributed by atoms with E-state index in [0.29, 0.717) is 17.9 Å². The quantitative estimate of drug-likeness (QED) is 0.762. The molecule has 100 valence electrons. The van der Waals surface area contributed by atoms with Crippen LogP contribution >= 0.6 is 0 Å². The molecule has 1 saturated carbocycles. The molecule has 1 aliphatic heterocycles. The summed E-state index contributed by atoms with van der Waals surface area (Å²) in [6.45, 7) is 4.48. The van der Waals surface area contributed by atoms with Crippen LogP contribution in [-0.2, 0) is 9.84 Å². The SMILES string of the molecule is CC1CC(C)CC(NC2CS(=O)(=O)CC2O)C1. The fraction of sp³-hybridized carbons (Fsp3) is 1.00. The second-order valence-corrected chi connectivity index (χ2v) is 8.19. The summed E-state index contributed by atoms with van der Waals surface area (Å²) in [6, 6.07) is 0.101. The van der Waals surface area contributed by atoms with Crippen LogP contribution in [-0.4, -0.2) is 43.2 Å². The normalized spacial score (nSPS) is 45.9. The van der Waals surface area contributed by atoms with Gasteiger partial charge in [-0.05, 0) is 31.1 Å². The van der Waals surface area contributed by atoms with Crippen LogP contribution in [0, 0.1) is 11.8 Å². The van der Waals surface area contributed by atoms with E-state index < -0.39 is 15.9 Å². The zero-order chi connectivity index (χ0) is 12.6. The number of hydrogen-bond donors (Lipinski definition) is 2. The van der Waals surface area contributed by atoms with Crippen LogP contribution < -0.4 is 5.32 Å². The molecule has 0 aromatic carbocycles. The Morgan fingerprint density at radius 3 is 2.12 bits per heavy atom. The lowest BCUT2D eigenvalue weighted by Crippen LogP contribution is -2.47. The Hall–Kier alpha value is -0.130. The standard InChI is InChI=1S/C12H23NO3S/c1-8-3-9(2)5-10(4-8)13-11-6-17(15,16)7-12(11)14/h8-14H,3-7H2,1-2H3. The molecule has 1 aliphatic carbocycles. The van der Waals surface area contributed by atoms with E-state index in [4.69, 9.17) is 0 Å². The molecule has 2 N–H and O–H groups in total. The first-order valence-electron chi connectivity index (χ1n) is 6.50. The minimum absolute atomic E-state index is 0.0809. The molecule has 1 heterocycles. The average molecular weight is 261 g/mol. The molecular weight excluding hydrogens is 238 g/mol. The van der Waals surface area contributed by atoms with E-state index in [1.165, 1.54) is 6.42 Å². The van der Waals surface area contributed by atoms with E-state index in [0.717, 1.165) is 12.8 Å². The minimum Gasteiger partial charge on any atom is -0.390 e. The van der Waals surface area contributed by atoms with Gasteiger partial charge in [0.15, 0.2) is 9.84 Å². The van der Waals surface area contributed by atoms with E-state index >= 15 is 0 Å². The van der Waals surface area contributed by atoms with Crippen molar-refractivity contribution in [3.63, 3.8) is 0 Å². The van der Waals surface area contributed by atoms with Crippen molar-refractivity contribution in [3.8, 4) is 0 Å². The predicted octanol–water partition coefficient (Wildman–Crippen LogP) is 0.559. The number of hydrogen-bond acceptors (Lipinski definition) is 4. The van der Waals surface area contributed by atoms with Gasteiger partial charge in [0, 0.05) is 12.1 Å². The molecule has 2 aliphatic rings. The van der Waals surface area contributed by atoms with Crippen molar-refractivity contribution < 1.29 is 13.5 Å². The monoisotopic (exact) mass is 261 g/mol. The molecule has 5 heteroatoms. The first kappa shape index (κ1) is 13.3. The highest BCUT2D eigenvalue weighted by Gasteiger charge is 2.38. The van der Waals surface area contributed by atoms with Gasteiger partial charge < -0.3 is 10.4 Å². The zero-order valence-electron chi connectivity index (χ0n) is 10.6. The largest absolute Gasteiger partial charge is 0.390 e. The van der Waals surface area contributed by atoms with E-state index in [-0.39, 0.29) is 17.5 Å². The summed E-state index contributed by atoms with van der Waals surface area (Å²) in [6.07, 6.45) is 2.71. The molecule has 0 radical (unpaired) electrons. The minimum atomic E-state index is -3.03. The second kappa shape index (κ2) is 4.86. The Morgan fingerprint density at radius 2 is 1.65 bits per heavy atom. The lowest BCUT2D eigenvalue weighted by Gasteiger charge is -2.34. The predicted molar refractivity (Wildman–Crippen MR) is 67.6 cm³/mol. The highest BCUT2D eigenvalue weighted by molar-refractivity contribution is 7.91. The van der Waals surface area contributed by atoms with Crippen LogP contribution in [0.25, 0.3) is 0 Å². The third-order valence-electron chi connectivity index (χ3n) is 3.95. The molecule has 1 saturated heterocycles. The van der Waals surface area contributed by atoms with E-state index in [2.05, 4.69) is 19.2 Å². The highest BCUT2D eigenvalue weighted by atomic mass is 32.2. The number of rotatable bonds is 2. The smallest absolute Gasteiger partial charge is 0.154 e. The van der Waals surface area contributed by atoms with Crippen molar-refractivity contribution in [2.24, 2.45) is 11.8 Å². The maximum absolute atomic E-state index is 11.4. The van der Waals surface area contributed by atoms with Crippen LogP contribution in [0.5, 0.6) is 0 Å². The molecular formula is C12H23NO3S. The molecule has 0 amide bonds. The first-order chi connectivity index (χ1) is 7.85. The van der Waals surface area contributed by atoms with Crippen molar-refractivity contribution >= 4 is 9.84 Å². The van der Waals surface area contributed by atoms with Gasteiger partial charge in [-0.1, -0.05) is 13.8 Å². The van der Waals surface area contributed by atoms with Gasteiger partial charge in [0.05, 0.1) is 17.6 Å². The van der Waals surface area contributed by atoms with Gasteiger partial charge in [0.2, 0.25) is 0 Å². The Balaban J connectivity index is 1.93. The van der Waals surface area contributed by atoms with Gasteiger partial charge >= 0.3 is 0 Å². The van der Waals surface area contributed by atoms with Gasteiger partial charge in [-0.15, -0.1) is 0 Å². The Kier molecular flexibility index (Phi) is 3.80. The third kappa shape index (κ3) is 3.42. The third-order valence-corrected chi connectivity index (χ3v) is 5.67. The number of sulfone groups is 1. The van der Waals surface area contributed by atoms with Crippen LogP contribution in [0.1, 0.15) is 33.1 Å². The summed E-state index contributed by atoms with van der Waals surface area (Å²) in [5, 5.41) is 13.1. The van der Waals surface area contributed by atoms with Crippen molar-refractivity contribution in [1.82, 2.24) is 5.32 Å². The molecule has 2 fully saturated rings. The molecule has 0 spiro atoms. The molecule has 4 unspecified atom stereocenters. The van der Waals surface area contributed by atoms with Crippen LogP contribution in [0.2, 0.25) is 0 Å². The fourth-order valence-corrected chi connectivity index (χ4v) is 5.13. The van der Waals surface area contributed by atoms with E-state index in [1.54, 1.807) is 0 Å².